The molecule has 3 aliphatic carbocycles. The van der Waals surface area contributed by atoms with Crippen LogP contribution in [-0.4, -0.2) is 19.1 Å². The Bertz CT molecular complexity index is 260. The Balaban J connectivity index is 1.44. The summed E-state index contributed by atoms with van der Waals surface area (Å²) in [6.45, 7) is 6.61. The molecule has 0 saturated heterocycles. The molecule has 0 aliphatic heterocycles. The summed E-state index contributed by atoms with van der Waals surface area (Å²) in [5.74, 6) is 5.76. The van der Waals surface area contributed by atoms with Gasteiger partial charge in [0.05, 0.1) is 0 Å². The first kappa shape index (κ1) is 12.0. The Morgan fingerprint density at radius 3 is 2.35 bits per heavy atom. The van der Waals surface area contributed by atoms with Crippen LogP contribution in [0.4, 0.5) is 0 Å². The highest BCUT2D eigenvalue weighted by Gasteiger charge is 2.64. The van der Waals surface area contributed by atoms with Crippen molar-refractivity contribution < 1.29 is 0 Å². The first-order valence-corrected chi connectivity index (χ1v) is 7.64. The minimum atomic E-state index is 0.689. The first-order valence-electron chi connectivity index (χ1n) is 7.64. The van der Waals surface area contributed by atoms with E-state index in [9.17, 15) is 0 Å². The molecule has 5 atom stereocenters. The van der Waals surface area contributed by atoms with Crippen LogP contribution in [0.2, 0.25) is 0 Å². The lowest BCUT2D eigenvalue weighted by Crippen LogP contribution is -2.33. The quantitative estimate of drug-likeness (QED) is 0.742. The third kappa shape index (κ3) is 2.15. The fraction of sp³-hybridized carbons (Fsp3) is 1.00. The molecule has 0 amide bonds. The predicted octanol–water partition coefficient (Wildman–Crippen LogP) is 2.24. The predicted molar refractivity (Wildman–Crippen MR) is 71.6 cm³/mol. The highest BCUT2D eigenvalue weighted by atomic mass is 15.0. The van der Waals surface area contributed by atoms with E-state index in [2.05, 4.69) is 19.2 Å². The smallest absolute Gasteiger partial charge is 0.0136 e. The number of hydrogen-bond acceptors (Lipinski definition) is 2. The van der Waals surface area contributed by atoms with E-state index in [1.807, 2.05) is 0 Å². The average Bonchev–Trinajstić information content (AvgIpc) is 2.69. The lowest BCUT2D eigenvalue weighted by Gasteiger charge is -2.19. The molecule has 98 valence electrons. The molecule has 3 aliphatic rings. The summed E-state index contributed by atoms with van der Waals surface area (Å²) < 4.78 is 0. The van der Waals surface area contributed by atoms with Crippen LogP contribution in [0, 0.1) is 35.5 Å². The highest BCUT2D eigenvalue weighted by Crippen LogP contribution is 2.65. The maximum atomic E-state index is 5.87. The fourth-order valence-electron chi connectivity index (χ4n) is 4.83. The molecular weight excluding hydrogens is 208 g/mol. The number of fused-ring (bicyclic) bond motifs is 5. The van der Waals surface area contributed by atoms with E-state index in [0.717, 1.165) is 48.7 Å². The van der Waals surface area contributed by atoms with E-state index in [0.29, 0.717) is 5.92 Å². The number of nitrogens with two attached hydrogens (primary N) is 1. The van der Waals surface area contributed by atoms with Gasteiger partial charge in [0.15, 0.2) is 0 Å². The topological polar surface area (TPSA) is 38.0 Å². The summed E-state index contributed by atoms with van der Waals surface area (Å²) in [5.41, 5.74) is 5.87. The van der Waals surface area contributed by atoms with Gasteiger partial charge in [0, 0.05) is 6.04 Å². The summed E-state index contributed by atoms with van der Waals surface area (Å²) in [5, 5.41) is 3.84. The Hall–Kier alpha value is -0.0800. The van der Waals surface area contributed by atoms with Crippen LogP contribution in [0.1, 0.15) is 39.5 Å². The van der Waals surface area contributed by atoms with Gasteiger partial charge in [0.25, 0.3) is 0 Å². The summed E-state index contributed by atoms with van der Waals surface area (Å²) in [4.78, 5) is 0. The Morgan fingerprint density at radius 1 is 1.18 bits per heavy atom. The van der Waals surface area contributed by atoms with E-state index >= 15 is 0 Å². The third-order valence-corrected chi connectivity index (χ3v) is 5.52. The second kappa shape index (κ2) is 4.55. The van der Waals surface area contributed by atoms with Gasteiger partial charge in [-0.1, -0.05) is 13.8 Å². The summed E-state index contributed by atoms with van der Waals surface area (Å²) in [6, 6.07) is 0.877. The molecule has 17 heavy (non-hydrogen) atoms. The zero-order valence-corrected chi connectivity index (χ0v) is 11.4. The lowest BCUT2D eigenvalue weighted by atomic mass is 9.97. The molecule has 0 aromatic carbocycles. The summed E-state index contributed by atoms with van der Waals surface area (Å²) >= 11 is 0. The summed E-state index contributed by atoms with van der Waals surface area (Å²) in [7, 11) is 0. The van der Waals surface area contributed by atoms with Gasteiger partial charge in [-0.15, -0.1) is 0 Å². The van der Waals surface area contributed by atoms with Crippen LogP contribution >= 0.6 is 0 Å². The van der Waals surface area contributed by atoms with Gasteiger partial charge >= 0.3 is 0 Å². The van der Waals surface area contributed by atoms with E-state index in [1.54, 1.807) is 6.42 Å². The Kier molecular flexibility index (Phi) is 3.20. The molecule has 0 radical (unpaired) electrons. The van der Waals surface area contributed by atoms with Crippen molar-refractivity contribution in [3.8, 4) is 0 Å². The van der Waals surface area contributed by atoms with Crippen molar-refractivity contribution in [3.63, 3.8) is 0 Å². The molecule has 3 N–H and O–H groups in total. The Labute approximate surface area is 106 Å². The van der Waals surface area contributed by atoms with Crippen molar-refractivity contribution in [1.29, 1.82) is 0 Å². The van der Waals surface area contributed by atoms with Crippen molar-refractivity contribution in [2.24, 2.45) is 41.2 Å². The minimum absolute atomic E-state index is 0.689. The van der Waals surface area contributed by atoms with Gasteiger partial charge in [0.1, 0.15) is 0 Å². The maximum Gasteiger partial charge on any atom is 0.0136 e. The van der Waals surface area contributed by atoms with Crippen molar-refractivity contribution in [2.75, 3.05) is 13.1 Å². The van der Waals surface area contributed by atoms with Crippen LogP contribution in [0.25, 0.3) is 0 Å². The van der Waals surface area contributed by atoms with E-state index in [1.165, 1.54) is 19.3 Å². The zero-order valence-electron chi connectivity index (χ0n) is 11.4. The molecule has 2 heteroatoms. The van der Waals surface area contributed by atoms with Gasteiger partial charge in [-0.3, -0.25) is 0 Å². The van der Waals surface area contributed by atoms with Gasteiger partial charge in [-0.05, 0) is 74.3 Å². The van der Waals surface area contributed by atoms with Crippen molar-refractivity contribution in [3.05, 3.63) is 0 Å². The second-order valence-electron chi connectivity index (χ2n) is 7.15. The van der Waals surface area contributed by atoms with E-state index < -0.39 is 0 Å². The standard InChI is InChI=1S/C15H28N2/c1-9(2)5-10(7-16)8-17-15-13-11-3-4-12(6-11)14(13)15/h9-15,17H,3-8,16H2,1-2H3. The lowest BCUT2D eigenvalue weighted by molar-refractivity contribution is 0.372. The molecular formula is C15H28N2. The number of rotatable bonds is 6. The average molecular weight is 236 g/mol. The van der Waals surface area contributed by atoms with Crippen LogP contribution in [-0.2, 0) is 0 Å². The number of nitrogens with one attached hydrogen (secondary N) is 1. The SMILES string of the molecule is CC(C)CC(CN)CNC1C2C3CCC(C3)C12. The largest absolute Gasteiger partial charge is 0.330 e. The van der Waals surface area contributed by atoms with Gasteiger partial charge in [-0.2, -0.15) is 0 Å². The van der Waals surface area contributed by atoms with Crippen LogP contribution < -0.4 is 11.1 Å². The molecule has 0 aromatic heterocycles. The molecule has 0 heterocycles. The van der Waals surface area contributed by atoms with Crippen molar-refractivity contribution >= 4 is 0 Å². The van der Waals surface area contributed by atoms with Crippen molar-refractivity contribution in [2.45, 2.75) is 45.6 Å². The molecule has 3 saturated carbocycles. The molecule has 3 rings (SSSR count). The minimum Gasteiger partial charge on any atom is -0.330 e. The van der Waals surface area contributed by atoms with Gasteiger partial charge < -0.3 is 11.1 Å². The van der Waals surface area contributed by atoms with Crippen molar-refractivity contribution in [1.82, 2.24) is 5.32 Å². The summed E-state index contributed by atoms with van der Waals surface area (Å²) in [6.07, 6.45) is 5.88. The third-order valence-electron chi connectivity index (χ3n) is 5.52. The monoisotopic (exact) mass is 236 g/mol. The highest BCUT2D eigenvalue weighted by molar-refractivity contribution is 5.16. The maximum absolute atomic E-state index is 5.87. The zero-order chi connectivity index (χ0) is 12.0. The second-order valence-corrected chi connectivity index (χ2v) is 7.15. The van der Waals surface area contributed by atoms with Crippen LogP contribution in [0.15, 0.2) is 0 Å². The van der Waals surface area contributed by atoms with Crippen LogP contribution in [0.5, 0.6) is 0 Å². The molecule has 5 unspecified atom stereocenters. The normalized spacial score (nSPS) is 44.1. The molecule has 0 spiro atoms. The fourth-order valence-corrected chi connectivity index (χ4v) is 4.83. The molecule has 2 nitrogen and oxygen atoms in total. The molecule has 3 fully saturated rings. The van der Waals surface area contributed by atoms with Gasteiger partial charge in [0.2, 0.25) is 0 Å². The molecule has 2 bridgehead atoms. The van der Waals surface area contributed by atoms with E-state index in [-0.39, 0.29) is 0 Å². The number of hydrogen-bond donors (Lipinski definition) is 2. The molecule has 0 aromatic rings. The van der Waals surface area contributed by atoms with E-state index in [4.69, 9.17) is 5.73 Å². The van der Waals surface area contributed by atoms with Crippen LogP contribution in [0.3, 0.4) is 0 Å². The first-order chi connectivity index (χ1) is 8.20. The Morgan fingerprint density at radius 2 is 1.82 bits per heavy atom. The van der Waals surface area contributed by atoms with Gasteiger partial charge in [-0.25, -0.2) is 0 Å².